The Morgan fingerprint density at radius 1 is 0.269 bits per heavy atom. The van der Waals surface area contributed by atoms with Crippen LogP contribution in [0.2, 0.25) is 0 Å². The van der Waals surface area contributed by atoms with Crippen LogP contribution < -0.4 is 0 Å². The predicted molar refractivity (Wildman–Crippen MR) is 339 cm³/mol. The van der Waals surface area contributed by atoms with Crippen LogP contribution in [0.15, 0.2) is 97.2 Å². The van der Waals surface area contributed by atoms with Crippen molar-refractivity contribution < 1.29 is 28.6 Å². The highest BCUT2D eigenvalue weighted by Crippen LogP contribution is 2.16. The summed E-state index contributed by atoms with van der Waals surface area (Å²) < 4.78 is 16.9. The summed E-state index contributed by atoms with van der Waals surface area (Å²) >= 11 is 0. The van der Waals surface area contributed by atoms with E-state index in [0.29, 0.717) is 19.3 Å². The van der Waals surface area contributed by atoms with Crippen molar-refractivity contribution in [3.8, 4) is 0 Å². The molecule has 0 aliphatic carbocycles. The minimum absolute atomic E-state index is 0.0781. The normalized spacial score (nSPS) is 12.7. The average Bonchev–Trinajstić information content (AvgIpc) is 3.44. The summed E-state index contributed by atoms with van der Waals surface area (Å²) in [5.41, 5.74) is 0. The molecule has 1 atom stereocenters. The number of hydrogen-bond acceptors (Lipinski definition) is 6. The molecule has 0 bridgehead atoms. The van der Waals surface area contributed by atoms with Crippen LogP contribution in [0.3, 0.4) is 0 Å². The molecule has 0 aliphatic rings. The molecule has 0 aliphatic heterocycles. The molecule has 1 unspecified atom stereocenters. The minimum Gasteiger partial charge on any atom is -0.462 e. The summed E-state index contributed by atoms with van der Waals surface area (Å²) in [5.74, 6) is -0.879. The van der Waals surface area contributed by atoms with Gasteiger partial charge in [-0.2, -0.15) is 0 Å². The Balaban J connectivity index is 4.26. The van der Waals surface area contributed by atoms with E-state index in [1.54, 1.807) is 0 Å². The number of hydrogen-bond donors (Lipinski definition) is 0. The third-order valence-corrected chi connectivity index (χ3v) is 14.3. The molecule has 448 valence electrons. The van der Waals surface area contributed by atoms with Gasteiger partial charge in [-0.1, -0.05) is 298 Å². The predicted octanol–water partition coefficient (Wildman–Crippen LogP) is 22.8. The molecule has 0 heterocycles. The third-order valence-electron chi connectivity index (χ3n) is 14.3. The second kappa shape index (κ2) is 65.8. The van der Waals surface area contributed by atoms with Gasteiger partial charge in [-0.15, -0.1) is 0 Å². The molecule has 0 saturated heterocycles. The molecule has 6 heteroatoms. The largest absolute Gasteiger partial charge is 0.462 e. The zero-order chi connectivity index (χ0) is 56.4. The number of unbranched alkanes of at least 4 members (excludes halogenated alkanes) is 33. The molecule has 0 amide bonds. The van der Waals surface area contributed by atoms with Crippen LogP contribution in [0.5, 0.6) is 0 Å². The van der Waals surface area contributed by atoms with Crippen molar-refractivity contribution in [2.24, 2.45) is 0 Å². The molecule has 0 rings (SSSR count). The van der Waals surface area contributed by atoms with Gasteiger partial charge in [0.05, 0.1) is 0 Å². The van der Waals surface area contributed by atoms with Crippen LogP contribution in [0, 0.1) is 0 Å². The van der Waals surface area contributed by atoms with E-state index in [4.69, 9.17) is 14.2 Å². The molecule has 0 aromatic rings. The van der Waals surface area contributed by atoms with Crippen LogP contribution in [0.4, 0.5) is 0 Å². The first kappa shape index (κ1) is 74.3. The van der Waals surface area contributed by atoms with E-state index in [1.165, 1.54) is 173 Å². The molecule has 0 aromatic carbocycles. The van der Waals surface area contributed by atoms with E-state index in [-0.39, 0.29) is 31.1 Å². The van der Waals surface area contributed by atoms with Crippen LogP contribution >= 0.6 is 0 Å². The first-order valence-corrected chi connectivity index (χ1v) is 33.2. The highest BCUT2D eigenvalue weighted by Gasteiger charge is 2.19. The lowest BCUT2D eigenvalue weighted by Gasteiger charge is -2.18. The van der Waals surface area contributed by atoms with Crippen molar-refractivity contribution in [3.05, 3.63) is 97.2 Å². The zero-order valence-electron chi connectivity index (χ0n) is 51.4. The van der Waals surface area contributed by atoms with Gasteiger partial charge in [0.25, 0.3) is 0 Å². The summed E-state index contributed by atoms with van der Waals surface area (Å²) in [7, 11) is 0. The standard InChI is InChI=1S/C72H124O6/c1-4-7-10-13-16-19-22-24-26-28-30-32-34-35-36-37-39-40-42-44-46-48-50-53-56-59-62-65-71(74)77-68-69(67-76-70(73)64-61-58-55-52-21-18-15-12-9-6-3)78-72(75)66-63-60-57-54-51-49-47-45-43-41-38-33-31-29-27-25-23-20-17-14-11-8-5-2/h7,10,16,19,23-26,29-32,35-36,39-40,69H,4-6,8-9,11-15,17-18,20-22,27-28,33-34,37-38,41-68H2,1-3H3/b10-7-,19-16-,25-23-,26-24-,31-29-,32-30-,36-35-,40-39-. The highest BCUT2D eigenvalue weighted by atomic mass is 16.6. The van der Waals surface area contributed by atoms with Crippen LogP contribution in [-0.4, -0.2) is 37.2 Å². The fourth-order valence-electron chi connectivity index (χ4n) is 9.36. The average molecular weight is 1090 g/mol. The van der Waals surface area contributed by atoms with E-state index in [9.17, 15) is 14.4 Å². The Bertz CT molecular complexity index is 1530. The van der Waals surface area contributed by atoms with Gasteiger partial charge in [0, 0.05) is 19.3 Å². The maximum absolute atomic E-state index is 12.9. The lowest BCUT2D eigenvalue weighted by atomic mass is 10.0. The van der Waals surface area contributed by atoms with E-state index < -0.39 is 6.10 Å². The molecule has 0 spiro atoms. The molecule has 0 N–H and O–H groups in total. The molecule has 0 saturated carbocycles. The summed E-state index contributed by atoms with van der Waals surface area (Å²) in [4.78, 5) is 38.3. The van der Waals surface area contributed by atoms with E-state index in [1.807, 2.05) is 0 Å². The molecule has 6 nitrogen and oxygen atoms in total. The quantitative estimate of drug-likeness (QED) is 0.0261. The first-order valence-electron chi connectivity index (χ1n) is 33.2. The summed E-state index contributed by atoms with van der Waals surface area (Å²) in [6.07, 6.45) is 88.5. The Kier molecular flexibility index (Phi) is 62.7. The smallest absolute Gasteiger partial charge is 0.306 e. The topological polar surface area (TPSA) is 78.9 Å². The maximum Gasteiger partial charge on any atom is 0.306 e. The molecular formula is C72H124O6. The van der Waals surface area contributed by atoms with E-state index in [2.05, 4.69) is 118 Å². The van der Waals surface area contributed by atoms with Gasteiger partial charge in [-0.05, 0) is 103 Å². The van der Waals surface area contributed by atoms with Crippen molar-refractivity contribution in [2.75, 3.05) is 13.2 Å². The van der Waals surface area contributed by atoms with Crippen molar-refractivity contribution >= 4 is 17.9 Å². The van der Waals surface area contributed by atoms with Crippen molar-refractivity contribution in [3.63, 3.8) is 0 Å². The van der Waals surface area contributed by atoms with Crippen LogP contribution in [-0.2, 0) is 28.6 Å². The summed E-state index contributed by atoms with van der Waals surface area (Å²) in [6, 6.07) is 0. The lowest BCUT2D eigenvalue weighted by Crippen LogP contribution is -2.30. The van der Waals surface area contributed by atoms with Crippen molar-refractivity contribution in [1.82, 2.24) is 0 Å². The Morgan fingerprint density at radius 2 is 0.500 bits per heavy atom. The number of esters is 3. The third kappa shape index (κ3) is 63.2. The SMILES string of the molecule is CC/C=C\C/C=C\C/C=C\C/C=C\C/C=C\C/C=C\CCCCCCCCCCC(=O)OCC(COC(=O)CCCCCCCCCCCC)OC(=O)CCCCCCCCCCCCC/C=C\C/C=C\CCCCCCC. The van der Waals surface area contributed by atoms with Gasteiger partial charge >= 0.3 is 17.9 Å². The van der Waals surface area contributed by atoms with Gasteiger partial charge < -0.3 is 14.2 Å². The molecule has 0 fully saturated rings. The van der Waals surface area contributed by atoms with Gasteiger partial charge in [-0.25, -0.2) is 0 Å². The number of rotatable bonds is 60. The first-order chi connectivity index (χ1) is 38.5. The molecule has 0 aromatic heterocycles. The van der Waals surface area contributed by atoms with Gasteiger partial charge in [0.15, 0.2) is 6.10 Å². The molecule has 78 heavy (non-hydrogen) atoms. The fraction of sp³-hybridized carbons (Fsp3) is 0.736. The summed E-state index contributed by atoms with van der Waals surface area (Å²) in [6.45, 7) is 6.52. The second-order valence-corrected chi connectivity index (χ2v) is 22.0. The summed E-state index contributed by atoms with van der Waals surface area (Å²) in [5, 5.41) is 0. The number of carbonyl (C=O) groups is 3. The van der Waals surface area contributed by atoms with Gasteiger partial charge in [-0.3, -0.25) is 14.4 Å². The number of allylic oxidation sites excluding steroid dienone is 16. The molecule has 0 radical (unpaired) electrons. The van der Waals surface area contributed by atoms with E-state index in [0.717, 1.165) is 109 Å². The molecular weight excluding hydrogens is 961 g/mol. The van der Waals surface area contributed by atoms with Gasteiger partial charge in [0.1, 0.15) is 13.2 Å². The van der Waals surface area contributed by atoms with Gasteiger partial charge in [0.2, 0.25) is 0 Å². The zero-order valence-corrected chi connectivity index (χ0v) is 51.4. The Morgan fingerprint density at radius 3 is 0.782 bits per heavy atom. The van der Waals surface area contributed by atoms with Crippen molar-refractivity contribution in [1.29, 1.82) is 0 Å². The monoisotopic (exact) mass is 1080 g/mol. The van der Waals surface area contributed by atoms with Crippen LogP contribution in [0.1, 0.15) is 323 Å². The van der Waals surface area contributed by atoms with E-state index >= 15 is 0 Å². The lowest BCUT2D eigenvalue weighted by molar-refractivity contribution is -0.167. The highest BCUT2D eigenvalue weighted by molar-refractivity contribution is 5.71. The van der Waals surface area contributed by atoms with Crippen LogP contribution in [0.25, 0.3) is 0 Å². The fourth-order valence-corrected chi connectivity index (χ4v) is 9.36. The van der Waals surface area contributed by atoms with Crippen molar-refractivity contribution in [2.45, 2.75) is 329 Å². The number of ether oxygens (including phenoxy) is 3. The Labute approximate surface area is 483 Å². The number of carbonyl (C=O) groups excluding carboxylic acids is 3. The minimum atomic E-state index is -0.782. The maximum atomic E-state index is 12.9. The second-order valence-electron chi connectivity index (χ2n) is 22.0. The Hall–Kier alpha value is -3.67.